The molecule has 1 aromatic heterocycles. The van der Waals surface area contributed by atoms with Gasteiger partial charge in [-0.25, -0.2) is 0 Å². The van der Waals surface area contributed by atoms with Crippen molar-refractivity contribution in [1.82, 2.24) is 4.98 Å². The number of aromatic nitrogens is 1. The monoisotopic (exact) mass is 274 g/mol. The third-order valence-corrected chi connectivity index (χ3v) is 3.65. The van der Waals surface area contributed by atoms with E-state index in [4.69, 9.17) is 17.4 Å². The highest BCUT2D eigenvalue weighted by molar-refractivity contribution is 7.59. The van der Waals surface area contributed by atoms with Gasteiger partial charge in [-0.05, 0) is 48.9 Å². The first-order chi connectivity index (χ1) is 9.17. The van der Waals surface area contributed by atoms with Crippen LogP contribution in [0.5, 0.6) is 5.75 Å². The number of pyridine rings is 1. The van der Waals surface area contributed by atoms with E-state index in [1.165, 1.54) is 5.56 Å². The second-order valence-electron chi connectivity index (χ2n) is 4.78. The van der Waals surface area contributed by atoms with E-state index >= 15 is 0 Å². The standard InChI is InChI=1S/C16H21NOS/c1-4-6-13-11(3)17-15-8-7-12(18-9-5-2)10-14(15)16(13)19/h7-8,10H,4-6,9H2,1-3H3,(H,17,19)/p-1. The van der Waals surface area contributed by atoms with E-state index in [0.29, 0.717) is 0 Å². The van der Waals surface area contributed by atoms with Gasteiger partial charge in [0.2, 0.25) is 0 Å². The molecular formula is C16H20NOS-. The average Bonchev–Trinajstić information content (AvgIpc) is 2.41. The van der Waals surface area contributed by atoms with E-state index in [9.17, 15) is 0 Å². The predicted octanol–water partition coefficient (Wildman–Crippen LogP) is 4.19. The molecule has 0 spiro atoms. The molecule has 0 radical (unpaired) electrons. The first-order valence-electron chi connectivity index (χ1n) is 6.90. The zero-order valence-electron chi connectivity index (χ0n) is 11.8. The van der Waals surface area contributed by atoms with Gasteiger partial charge in [0.25, 0.3) is 0 Å². The highest BCUT2D eigenvalue weighted by Gasteiger charge is 2.05. The lowest BCUT2D eigenvalue weighted by Crippen LogP contribution is -1.99. The number of hydrogen-bond donors (Lipinski definition) is 0. The smallest absolute Gasteiger partial charge is 0.119 e. The normalized spacial score (nSPS) is 10.9. The van der Waals surface area contributed by atoms with Gasteiger partial charge in [-0.1, -0.05) is 20.3 Å². The number of nitrogens with zero attached hydrogens (tertiary/aromatic N) is 1. The Labute approximate surface area is 120 Å². The van der Waals surface area contributed by atoms with Crippen molar-refractivity contribution < 1.29 is 4.74 Å². The molecule has 1 heterocycles. The Kier molecular flexibility index (Phi) is 4.59. The van der Waals surface area contributed by atoms with Crippen LogP contribution in [0.25, 0.3) is 10.9 Å². The van der Waals surface area contributed by atoms with Crippen LogP contribution < -0.4 is 4.74 Å². The van der Waals surface area contributed by atoms with Crippen molar-refractivity contribution in [2.75, 3.05) is 6.61 Å². The van der Waals surface area contributed by atoms with Crippen molar-refractivity contribution in [3.63, 3.8) is 0 Å². The molecule has 0 aliphatic rings. The maximum absolute atomic E-state index is 5.67. The molecule has 0 unspecified atom stereocenters. The summed E-state index contributed by atoms with van der Waals surface area (Å²) in [7, 11) is 0. The average molecular weight is 274 g/mol. The molecule has 3 heteroatoms. The van der Waals surface area contributed by atoms with Gasteiger partial charge in [-0.3, -0.25) is 4.98 Å². The van der Waals surface area contributed by atoms with Crippen LogP contribution in [0.1, 0.15) is 37.9 Å². The number of aryl methyl sites for hydroxylation is 1. The van der Waals surface area contributed by atoms with Gasteiger partial charge in [0.05, 0.1) is 12.1 Å². The van der Waals surface area contributed by atoms with Gasteiger partial charge >= 0.3 is 0 Å². The van der Waals surface area contributed by atoms with Crippen LogP contribution in [-0.2, 0) is 19.0 Å². The van der Waals surface area contributed by atoms with Gasteiger partial charge in [0.1, 0.15) is 5.75 Å². The molecule has 0 aliphatic carbocycles. The number of hydrogen-bond acceptors (Lipinski definition) is 3. The second-order valence-corrected chi connectivity index (χ2v) is 5.19. The lowest BCUT2D eigenvalue weighted by Gasteiger charge is -2.19. The maximum Gasteiger partial charge on any atom is 0.119 e. The minimum atomic E-state index is 0.735. The van der Waals surface area contributed by atoms with Gasteiger partial charge in [0, 0.05) is 5.69 Å². The van der Waals surface area contributed by atoms with Crippen molar-refractivity contribution in [3.05, 3.63) is 29.5 Å². The molecular weight excluding hydrogens is 254 g/mol. The zero-order valence-corrected chi connectivity index (χ0v) is 12.6. The van der Waals surface area contributed by atoms with Crippen molar-refractivity contribution >= 4 is 23.5 Å². The van der Waals surface area contributed by atoms with Crippen molar-refractivity contribution in [1.29, 1.82) is 0 Å². The third-order valence-electron chi connectivity index (χ3n) is 3.18. The lowest BCUT2D eigenvalue weighted by molar-refractivity contribution is 0.318. The largest absolute Gasteiger partial charge is 0.779 e. The fraction of sp³-hybridized carbons (Fsp3) is 0.438. The number of rotatable bonds is 5. The maximum atomic E-state index is 5.67. The fourth-order valence-electron chi connectivity index (χ4n) is 2.22. The first kappa shape index (κ1) is 14.1. The first-order valence-corrected chi connectivity index (χ1v) is 7.31. The molecule has 19 heavy (non-hydrogen) atoms. The zero-order chi connectivity index (χ0) is 13.8. The van der Waals surface area contributed by atoms with Crippen LogP contribution in [0.4, 0.5) is 0 Å². The minimum absolute atomic E-state index is 0.735. The van der Waals surface area contributed by atoms with Crippen LogP contribution >= 0.6 is 0 Å². The summed E-state index contributed by atoms with van der Waals surface area (Å²) < 4.78 is 5.67. The van der Waals surface area contributed by atoms with Gasteiger partial charge in [-0.15, -0.1) is 0 Å². The fourth-order valence-corrected chi connectivity index (χ4v) is 2.64. The highest BCUT2D eigenvalue weighted by atomic mass is 32.1. The Balaban J connectivity index is 2.50. The Hall–Kier alpha value is -1.35. The van der Waals surface area contributed by atoms with Crippen LogP contribution in [0.2, 0.25) is 0 Å². The van der Waals surface area contributed by atoms with Crippen molar-refractivity contribution in [2.45, 2.75) is 44.9 Å². The summed E-state index contributed by atoms with van der Waals surface area (Å²) in [6, 6.07) is 6.00. The third kappa shape index (κ3) is 2.98. The van der Waals surface area contributed by atoms with Crippen LogP contribution in [0.15, 0.2) is 23.1 Å². The lowest BCUT2D eigenvalue weighted by atomic mass is 10.1. The number of fused-ring (bicyclic) bond motifs is 1. The molecule has 102 valence electrons. The summed E-state index contributed by atoms with van der Waals surface area (Å²) in [6.45, 7) is 7.05. The molecule has 0 saturated carbocycles. The Bertz CT molecular complexity index is 580. The van der Waals surface area contributed by atoms with E-state index in [-0.39, 0.29) is 0 Å². The van der Waals surface area contributed by atoms with Crippen molar-refractivity contribution in [3.8, 4) is 5.75 Å². The summed E-state index contributed by atoms with van der Waals surface area (Å²) in [6.07, 6.45) is 3.09. The molecule has 2 aromatic rings. The van der Waals surface area contributed by atoms with Gasteiger partial charge in [0.15, 0.2) is 0 Å². The highest BCUT2D eigenvalue weighted by Crippen LogP contribution is 2.27. The molecule has 0 atom stereocenters. The van der Waals surface area contributed by atoms with Crippen LogP contribution in [0, 0.1) is 6.92 Å². The molecule has 2 nitrogen and oxygen atoms in total. The molecule has 1 aromatic carbocycles. The molecule has 0 N–H and O–H groups in total. The molecule has 0 saturated heterocycles. The summed E-state index contributed by atoms with van der Waals surface area (Å²) in [5.41, 5.74) is 3.23. The van der Waals surface area contributed by atoms with E-state index in [1.54, 1.807) is 0 Å². The summed E-state index contributed by atoms with van der Waals surface area (Å²) in [5.74, 6) is 0.883. The van der Waals surface area contributed by atoms with Gasteiger partial charge < -0.3 is 17.4 Å². The predicted molar refractivity (Wildman–Crippen MR) is 81.9 cm³/mol. The quantitative estimate of drug-likeness (QED) is 0.763. The van der Waals surface area contributed by atoms with E-state index in [2.05, 4.69) is 18.8 Å². The Morgan fingerprint density at radius 2 is 2.00 bits per heavy atom. The topological polar surface area (TPSA) is 22.1 Å². The van der Waals surface area contributed by atoms with Crippen molar-refractivity contribution in [2.24, 2.45) is 0 Å². The summed E-state index contributed by atoms with van der Waals surface area (Å²) in [4.78, 5) is 5.59. The Morgan fingerprint density at radius 3 is 2.68 bits per heavy atom. The summed E-state index contributed by atoms with van der Waals surface area (Å²) >= 11 is 5.62. The second kappa shape index (κ2) is 6.20. The minimum Gasteiger partial charge on any atom is -0.779 e. The Morgan fingerprint density at radius 1 is 1.21 bits per heavy atom. The molecule has 0 amide bonds. The van der Waals surface area contributed by atoms with Crippen LogP contribution in [0.3, 0.4) is 0 Å². The SMILES string of the molecule is CCCOc1ccc2nc(C)c(CCC)c([S-])c2c1. The number of ether oxygens (including phenoxy) is 1. The van der Waals surface area contributed by atoms with E-state index in [1.807, 2.05) is 25.1 Å². The van der Waals surface area contributed by atoms with Crippen LogP contribution in [-0.4, -0.2) is 11.6 Å². The summed E-state index contributed by atoms with van der Waals surface area (Å²) in [5, 5.41) is 1.04. The molecule has 0 fully saturated rings. The molecule has 0 aliphatic heterocycles. The molecule has 2 rings (SSSR count). The van der Waals surface area contributed by atoms with Gasteiger partial charge in [-0.2, -0.15) is 4.90 Å². The molecule has 0 bridgehead atoms. The van der Waals surface area contributed by atoms with E-state index in [0.717, 1.165) is 53.1 Å². The van der Waals surface area contributed by atoms with E-state index < -0.39 is 0 Å². The number of benzene rings is 1.